The van der Waals surface area contributed by atoms with Crippen LogP contribution in [0.15, 0.2) is 31.0 Å². The molecule has 0 aromatic carbocycles. The predicted octanol–water partition coefficient (Wildman–Crippen LogP) is 0.0574. The molecule has 3 aromatic rings. The fraction of sp³-hybridized carbons (Fsp3) is 0.375. The topological polar surface area (TPSA) is 140 Å². The highest BCUT2D eigenvalue weighted by molar-refractivity contribution is 7.89. The first-order valence-corrected chi connectivity index (χ1v) is 10.1. The number of carbonyl (C=O) groups excluding carboxylic acids is 1. The van der Waals surface area contributed by atoms with Crippen molar-refractivity contribution in [2.75, 3.05) is 18.8 Å². The zero-order valence-corrected chi connectivity index (χ0v) is 15.5. The second kappa shape index (κ2) is 6.13. The van der Waals surface area contributed by atoms with Gasteiger partial charge in [0, 0.05) is 36.4 Å². The Labute approximate surface area is 155 Å². The summed E-state index contributed by atoms with van der Waals surface area (Å²) >= 11 is 0. The SMILES string of the molecule is CCS(=O)(=O)N1CC(CC(N)=O)(n2cc(-c3ncnc4[nH]ccc34)cn2)C1. The van der Waals surface area contributed by atoms with Crippen LogP contribution in [0.1, 0.15) is 13.3 Å². The average Bonchev–Trinajstić information content (AvgIpc) is 3.26. The summed E-state index contributed by atoms with van der Waals surface area (Å²) in [5.41, 5.74) is 6.81. The number of primary amides is 1. The van der Waals surface area contributed by atoms with E-state index in [4.69, 9.17) is 5.73 Å². The molecule has 27 heavy (non-hydrogen) atoms. The van der Waals surface area contributed by atoms with E-state index in [0.717, 1.165) is 10.9 Å². The third-order valence-electron chi connectivity index (χ3n) is 4.90. The van der Waals surface area contributed by atoms with E-state index in [9.17, 15) is 13.2 Å². The molecule has 4 rings (SSSR count). The van der Waals surface area contributed by atoms with Crippen LogP contribution >= 0.6 is 0 Å². The molecular weight excluding hydrogens is 370 g/mol. The molecule has 1 saturated heterocycles. The van der Waals surface area contributed by atoms with Gasteiger partial charge in [-0.15, -0.1) is 0 Å². The fourth-order valence-corrected chi connectivity index (χ4v) is 4.70. The lowest BCUT2D eigenvalue weighted by molar-refractivity contribution is -0.122. The Kier molecular flexibility index (Phi) is 4.00. The Morgan fingerprint density at radius 1 is 1.37 bits per heavy atom. The lowest BCUT2D eigenvalue weighted by Crippen LogP contribution is -2.65. The van der Waals surface area contributed by atoms with Gasteiger partial charge in [-0.1, -0.05) is 0 Å². The summed E-state index contributed by atoms with van der Waals surface area (Å²) in [5.74, 6) is -0.494. The van der Waals surface area contributed by atoms with Crippen LogP contribution in [0.4, 0.5) is 0 Å². The molecule has 0 unspecified atom stereocenters. The quantitative estimate of drug-likeness (QED) is 0.611. The lowest BCUT2D eigenvalue weighted by Gasteiger charge is -2.48. The molecule has 1 aliphatic rings. The van der Waals surface area contributed by atoms with Crippen molar-refractivity contribution in [2.24, 2.45) is 5.73 Å². The first-order valence-electron chi connectivity index (χ1n) is 8.44. The van der Waals surface area contributed by atoms with Gasteiger partial charge in [0.05, 0.1) is 29.6 Å². The van der Waals surface area contributed by atoms with Gasteiger partial charge in [-0.2, -0.15) is 9.40 Å². The van der Waals surface area contributed by atoms with Gasteiger partial charge < -0.3 is 10.7 Å². The number of nitrogens with two attached hydrogens (primary N) is 1. The van der Waals surface area contributed by atoms with E-state index in [1.165, 1.54) is 10.6 Å². The number of sulfonamides is 1. The highest BCUT2D eigenvalue weighted by atomic mass is 32.2. The van der Waals surface area contributed by atoms with Gasteiger partial charge in [0.25, 0.3) is 0 Å². The summed E-state index contributed by atoms with van der Waals surface area (Å²) in [6.45, 7) is 1.92. The number of aromatic nitrogens is 5. The molecule has 1 aliphatic heterocycles. The third-order valence-corrected chi connectivity index (χ3v) is 6.67. The minimum Gasteiger partial charge on any atom is -0.370 e. The maximum atomic E-state index is 12.1. The van der Waals surface area contributed by atoms with Crippen LogP contribution in [0.3, 0.4) is 0 Å². The molecule has 0 bridgehead atoms. The summed E-state index contributed by atoms with van der Waals surface area (Å²) in [5, 5.41) is 5.24. The van der Waals surface area contributed by atoms with Crippen LogP contribution in [0, 0.1) is 0 Å². The lowest BCUT2D eigenvalue weighted by atomic mass is 9.88. The van der Waals surface area contributed by atoms with Crippen molar-refractivity contribution < 1.29 is 13.2 Å². The van der Waals surface area contributed by atoms with Gasteiger partial charge in [0.2, 0.25) is 15.9 Å². The van der Waals surface area contributed by atoms with Gasteiger partial charge in [0.15, 0.2) is 0 Å². The maximum absolute atomic E-state index is 12.1. The van der Waals surface area contributed by atoms with Crippen molar-refractivity contribution in [3.05, 3.63) is 31.0 Å². The van der Waals surface area contributed by atoms with E-state index >= 15 is 0 Å². The van der Waals surface area contributed by atoms with Crippen LogP contribution < -0.4 is 5.73 Å². The van der Waals surface area contributed by atoms with Gasteiger partial charge >= 0.3 is 0 Å². The van der Waals surface area contributed by atoms with Gasteiger partial charge in [-0.3, -0.25) is 9.48 Å². The van der Waals surface area contributed by atoms with Crippen LogP contribution in [-0.2, 0) is 20.4 Å². The summed E-state index contributed by atoms with van der Waals surface area (Å²) in [6.07, 6.45) is 6.67. The number of nitrogens with one attached hydrogen (secondary N) is 1. The van der Waals surface area contributed by atoms with E-state index < -0.39 is 21.5 Å². The van der Waals surface area contributed by atoms with E-state index in [1.54, 1.807) is 30.2 Å². The van der Waals surface area contributed by atoms with E-state index in [-0.39, 0.29) is 25.3 Å². The Morgan fingerprint density at radius 3 is 2.85 bits per heavy atom. The molecule has 0 atom stereocenters. The van der Waals surface area contributed by atoms with Crippen LogP contribution in [0.5, 0.6) is 0 Å². The van der Waals surface area contributed by atoms with Crippen molar-refractivity contribution in [3.8, 4) is 11.3 Å². The standard InChI is InChI=1S/C16H19N7O3S/c1-2-27(25,26)22-8-16(9-22,5-13(17)24)23-7-11(6-21-23)14-12-3-4-18-15(12)20-10-19-14/h3-4,6-7,10H,2,5,8-9H2,1H3,(H2,17,24)(H,18,19,20). The summed E-state index contributed by atoms with van der Waals surface area (Å²) in [4.78, 5) is 23.1. The molecule has 1 amide bonds. The molecule has 11 heteroatoms. The van der Waals surface area contributed by atoms with E-state index in [1.807, 2.05) is 6.07 Å². The summed E-state index contributed by atoms with van der Waals surface area (Å²) in [6, 6.07) is 1.88. The van der Waals surface area contributed by atoms with Crippen molar-refractivity contribution in [2.45, 2.75) is 18.9 Å². The second-order valence-electron chi connectivity index (χ2n) is 6.67. The Hall–Kier alpha value is -2.79. The number of nitrogens with zero attached hydrogens (tertiary/aromatic N) is 5. The van der Waals surface area contributed by atoms with Crippen molar-refractivity contribution >= 4 is 27.0 Å². The van der Waals surface area contributed by atoms with Crippen LogP contribution in [-0.4, -0.2) is 62.2 Å². The smallest absolute Gasteiger partial charge is 0.219 e. The fourth-order valence-electron chi connectivity index (χ4n) is 3.46. The number of hydrogen-bond acceptors (Lipinski definition) is 6. The molecular formula is C16H19N7O3S. The van der Waals surface area contributed by atoms with Crippen LogP contribution in [0.2, 0.25) is 0 Å². The number of rotatable bonds is 6. The first-order chi connectivity index (χ1) is 12.8. The first kappa shape index (κ1) is 17.6. The second-order valence-corrected chi connectivity index (χ2v) is 8.93. The molecule has 1 fully saturated rings. The number of hydrogen-bond donors (Lipinski definition) is 2. The summed E-state index contributed by atoms with van der Waals surface area (Å²) in [7, 11) is -3.33. The monoisotopic (exact) mass is 389 g/mol. The molecule has 0 saturated carbocycles. The zero-order chi connectivity index (χ0) is 19.2. The zero-order valence-electron chi connectivity index (χ0n) is 14.7. The number of aromatic amines is 1. The van der Waals surface area contributed by atoms with Crippen molar-refractivity contribution in [1.29, 1.82) is 0 Å². The molecule has 0 aliphatic carbocycles. The van der Waals surface area contributed by atoms with Crippen molar-refractivity contribution in [1.82, 2.24) is 29.0 Å². The number of fused-ring (bicyclic) bond motifs is 1. The third kappa shape index (κ3) is 2.88. The predicted molar refractivity (Wildman–Crippen MR) is 97.9 cm³/mol. The Balaban J connectivity index is 1.70. The Morgan fingerprint density at radius 2 is 2.15 bits per heavy atom. The normalized spacial score (nSPS) is 17.1. The molecule has 3 aromatic heterocycles. The minimum absolute atomic E-state index is 0.00714. The molecule has 3 N–H and O–H groups in total. The van der Waals surface area contributed by atoms with Gasteiger partial charge in [-0.25, -0.2) is 18.4 Å². The number of carbonyl (C=O) groups is 1. The minimum atomic E-state index is -3.33. The summed E-state index contributed by atoms with van der Waals surface area (Å²) < 4.78 is 27.2. The van der Waals surface area contributed by atoms with E-state index in [0.29, 0.717) is 11.3 Å². The van der Waals surface area contributed by atoms with E-state index in [2.05, 4.69) is 20.1 Å². The van der Waals surface area contributed by atoms with Crippen LogP contribution in [0.25, 0.3) is 22.3 Å². The molecule has 0 spiro atoms. The number of H-pyrrole nitrogens is 1. The molecule has 10 nitrogen and oxygen atoms in total. The van der Waals surface area contributed by atoms with Crippen molar-refractivity contribution in [3.63, 3.8) is 0 Å². The Bertz CT molecular complexity index is 1110. The largest absolute Gasteiger partial charge is 0.370 e. The molecule has 142 valence electrons. The molecule has 4 heterocycles. The number of amides is 1. The van der Waals surface area contributed by atoms with Gasteiger partial charge in [-0.05, 0) is 13.0 Å². The maximum Gasteiger partial charge on any atom is 0.219 e. The van der Waals surface area contributed by atoms with Gasteiger partial charge in [0.1, 0.15) is 12.0 Å². The average molecular weight is 389 g/mol. The highest BCUT2D eigenvalue weighted by Crippen LogP contribution is 2.35. The highest BCUT2D eigenvalue weighted by Gasteiger charge is 2.50. The molecule has 0 radical (unpaired) electrons.